The van der Waals surface area contributed by atoms with Crippen molar-refractivity contribution in [1.29, 1.82) is 0 Å². The van der Waals surface area contributed by atoms with Crippen molar-refractivity contribution in [2.45, 2.75) is 11.3 Å². The number of hydrogen-bond acceptors (Lipinski definition) is 4. The average molecular weight is 450 g/mol. The fraction of sp³-hybridized carbons (Fsp3) is 0.300. The number of piperazine rings is 1. The summed E-state index contributed by atoms with van der Waals surface area (Å²) in [5, 5.41) is 10.2. The van der Waals surface area contributed by atoms with Gasteiger partial charge < -0.3 is 10.2 Å². The molecule has 2 aliphatic rings. The summed E-state index contributed by atoms with van der Waals surface area (Å²) in [7, 11) is -4.02. The second kappa shape index (κ2) is 8.71. The summed E-state index contributed by atoms with van der Waals surface area (Å²) in [6.45, 7) is 3.17. The molecule has 0 aromatic heterocycles. The van der Waals surface area contributed by atoms with Gasteiger partial charge in [-0.2, -0.15) is 13.5 Å². The summed E-state index contributed by atoms with van der Waals surface area (Å²) < 4.78 is 43.1. The number of halogens is 2. The Labute approximate surface area is 179 Å². The molecule has 1 saturated heterocycles. The first kappa shape index (κ1) is 20.8. The van der Waals surface area contributed by atoms with Crippen molar-refractivity contribution in [3.63, 3.8) is 0 Å². The van der Waals surface area contributed by atoms with Crippen LogP contribution in [0.3, 0.4) is 0 Å². The molecule has 158 valence electrons. The highest BCUT2D eigenvalue weighted by Crippen LogP contribution is 2.20. The minimum atomic E-state index is -4.02. The van der Waals surface area contributed by atoms with E-state index in [1.54, 1.807) is 17.1 Å². The third kappa shape index (κ3) is 4.63. The Morgan fingerprint density at radius 1 is 1.03 bits per heavy atom. The number of benzene rings is 2. The second-order valence-electron chi connectivity index (χ2n) is 6.98. The van der Waals surface area contributed by atoms with Gasteiger partial charge in [-0.3, -0.25) is 0 Å². The number of nitrogens with zero attached hydrogens (tertiary/aromatic N) is 4. The van der Waals surface area contributed by atoms with Crippen LogP contribution in [0.4, 0.5) is 4.39 Å². The van der Waals surface area contributed by atoms with Crippen LogP contribution in [0.25, 0.3) is 0 Å². The molecule has 1 N–H and O–H groups in total. The molecule has 10 heteroatoms. The normalized spacial score (nSPS) is 17.9. The minimum Gasteiger partial charge on any atom is -0.338 e. The molecule has 0 aliphatic carbocycles. The second-order valence-corrected chi connectivity index (χ2v) is 9.02. The van der Waals surface area contributed by atoms with Crippen LogP contribution in [0, 0.1) is 5.82 Å². The van der Waals surface area contributed by atoms with Crippen LogP contribution in [-0.4, -0.2) is 62.7 Å². The van der Waals surface area contributed by atoms with Gasteiger partial charge in [0.25, 0.3) is 10.0 Å². The molecular weight excluding hydrogens is 429 g/mol. The molecule has 0 saturated carbocycles. The first-order chi connectivity index (χ1) is 14.4. The van der Waals surface area contributed by atoms with E-state index in [0.717, 1.165) is 36.5 Å². The Bertz CT molecular complexity index is 1070. The Kier molecular flexibility index (Phi) is 6.03. The topological polar surface area (TPSA) is 77.4 Å². The van der Waals surface area contributed by atoms with Crippen LogP contribution in [0.15, 0.2) is 62.9 Å². The smallest absolute Gasteiger partial charge is 0.285 e. The maximum Gasteiger partial charge on any atom is 0.285 e. The van der Waals surface area contributed by atoms with E-state index >= 15 is 0 Å². The van der Waals surface area contributed by atoms with Crippen LogP contribution in [0.5, 0.6) is 0 Å². The number of sulfonamides is 1. The lowest BCUT2D eigenvalue weighted by Gasteiger charge is -2.32. The molecule has 30 heavy (non-hydrogen) atoms. The SMILES string of the molecule is O=S(=O)(N=C(N1CCNCC1)N1CCC(c2ccc(Cl)cc2)=N1)c1ccc(F)cc1. The minimum absolute atomic E-state index is 0.0577. The number of hydrazone groups is 1. The molecule has 1 fully saturated rings. The van der Waals surface area contributed by atoms with Crippen molar-refractivity contribution in [3.05, 3.63) is 64.9 Å². The van der Waals surface area contributed by atoms with E-state index in [1.807, 2.05) is 17.0 Å². The first-order valence-corrected chi connectivity index (χ1v) is 11.4. The van der Waals surface area contributed by atoms with Gasteiger partial charge in [-0.1, -0.05) is 23.7 Å². The number of nitrogens with one attached hydrogen (secondary N) is 1. The third-order valence-electron chi connectivity index (χ3n) is 4.92. The fourth-order valence-corrected chi connectivity index (χ4v) is 4.48. The Balaban J connectivity index is 1.69. The largest absolute Gasteiger partial charge is 0.338 e. The molecule has 2 aliphatic heterocycles. The van der Waals surface area contributed by atoms with E-state index in [2.05, 4.69) is 14.8 Å². The zero-order valence-electron chi connectivity index (χ0n) is 16.1. The summed E-state index contributed by atoms with van der Waals surface area (Å²) in [5.41, 5.74) is 1.77. The van der Waals surface area contributed by atoms with Gasteiger partial charge in [-0.25, -0.2) is 9.40 Å². The molecule has 2 aromatic rings. The predicted molar refractivity (Wildman–Crippen MR) is 115 cm³/mol. The van der Waals surface area contributed by atoms with Gasteiger partial charge in [0.05, 0.1) is 17.2 Å². The zero-order chi connectivity index (χ0) is 21.1. The van der Waals surface area contributed by atoms with Crippen LogP contribution in [0.2, 0.25) is 5.02 Å². The molecule has 0 atom stereocenters. The molecule has 2 heterocycles. The van der Waals surface area contributed by atoms with E-state index in [9.17, 15) is 12.8 Å². The van der Waals surface area contributed by atoms with Crippen molar-refractivity contribution in [3.8, 4) is 0 Å². The lowest BCUT2D eigenvalue weighted by molar-refractivity contribution is 0.304. The third-order valence-corrected chi connectivity index (χ3v) is 6.45. The fourth-order valence-electron chi connectivity index (χ4n) is 3.35. The Hall–Kier alpha value is -2.49. The van der Waals surface area contributed by atoms with E-state index in [1.165, 1.54) is 12.1 Å². The van der Waals surface area contributed by atoms with Crippen molar-refractivity contribution < 1.29 is 12.8 Å². The van der Waals surface area contributed by atoms with Gasteiger partial charge in [-0.05, 0) is 42.0 Å². The molecule has 4 rings (SSSR count). The highest BCUT2D eigenvalue weighted by atomic mass is 35.5. The summed E-state index contributed by atoms with van der Waals surface area (Å²) in [5.74, 6) is -0.221. The number of hydrogen-bond donors (Lipinski definition) is 1. The van der Waals surface area contributed by atoms with Crippen molar-refractivity contribution in [2.24, 2.45) is 9.50 Å². The molecule has 7 nitrogen and oxygen atoms in total. The van der Waals surface area contributed by atoms with E-state index in [-0.39, 0.29) is 10.9 Å². The lowest BCUT2D eigenvalue weighted by atomic mass is 10.1. The van der Waals surface area contributed by atoms with Crippen LogP contribution < -0.4 is 5.32 Å². The van der Waals surface area contributed by atoms with Crippen molar-refractivity contribution in [2.75, 3.05) is 32.7 Å². The standard InChI is InChI=1S/C20H21ClFN5O2S/c21-16-3-1-15(2-4-16)19-9-12-27(24-19)20(26-13-10-23-11-14-26)25-30(28,29)18-7-5-17(22)6-8-18/h1-8,23H,9-14H2. The summed E-state index contributed by atoms with van der Waals surface area (Å²) in [6.07, 6.45) is 0.656. The van der Waals surface area contributed by atoms with Gasteiger partial charge in [0.2, 0.25) is 5.96 Å². The predicted octanol–water partition coefficient (Wildman–Crippen LogP) is 2.54. The molecule has 0 bridgehead atoms. The van der Waals surface area contributed by atoms with Gasteiger partial charge in [-0.15, -0.1) is 4.40 Å². The van der Waals surface area contributed by atoms with E-state index in [4.69, 9.17) is 11.6 Å². The summed E-state index contributed by atoms with van der Waals surface area (Å²) in [6, 6.07) is 12.0. The number of rotatable bonds is 3. The molecule has 0 spiro atoms. The molecule has 0 amide bonds. The quantitative estimate of drug-likeness (QED) is 0.575. The first-order valence-electron chi connectivity index (χ1n) is 9.59. The summed E-state index contributed by atoms with van der Waals surface area (Å²) >= 11 is 5.97. The zero-order valence-corrected chi connectivity index (χ0v) is 17.7. The summed E-state index contributed by atoms with van der Waals surface area (Å²) in [4.78, 5) is 1.85. The lowest BCUT2D eigenvalue weighted by Crippen LogP contribution is -2.51. The highest BCUT2D eigenvalue weighted by Gasteiger charge is 2.28. The Morgan fingerprint density at radius 2 is 1.70 bits per heavy atom. The van der Waals surface area contributed by atoms with Gasteiger partial charge in [0.15, 0.2) is 0 Å². The van der Waals surface area contributed by atoms with Gasteiger partial charge in [0, 0.05) is 37.6 Å². The molecule has 2 aromatic carbocycles. The van der Waals surface area contributed by atoms with Crippen LogP contribution in [-0.2, 0) is 10.0 Å². The van der Waals surface area contributed by atoms with Crippen molar-refractivity contribution >= 4 is 33.3 Å². The maximum atomic E-state index is 13.2. The molecule has 0 radical (unpaired) electrons. The van der Waals surface area contributed by atoms with E-state index < -0.39 is 15.8 Å². The van der Waals surface area contributed by atoms with Crippen LogP contribution >= 0.6 is 11.6 Å². The van der Waals surface area contributed by atoms with Gasteiger partial charge in [0.1, 0.15) is 5.82 Å². The van der Waals surface area contributed by atoms with Crippen molar-refractivity contribution in [1.82, 2.24) is 15.2 Å². The number of guanidine groups is 1. The molecular formula is C20H21ClFN5O2S. The van der Waals surface area contributed by atoms with Gasteiger partial charge >= 0.3 is 0 Å². The maximum absolute atomic E-state index is 13.2. The molecule has 0 unspecified atom stereocenters. The average Bonchev–Trinajstić information content (AvgIpc) is 3.23. The van der Waals surface area contributed by atoms with Crippen LogP contribution in [0.1, 0.15) is 12.0 Å². The Morgan fingerprint density at radius 3 is 2.37 bits per heavy atom. The highest BCUT2D eigenvalue weighted by molar-refractivity contribution is 7.90. The monoisotopic (exact) mass is 449 g/mol. The van der Waals surface area contributed by atoms with E-state index in [0.29, 0.717) is 31.1 Å².